The number of H-pyrrole nitrogens is 1. The number of benzene rings is 2. The number of halogens is 1. The first-order chi connectivity index (χ1) is 19.6. The summed E-state index contributed by atoms with van der Waals surface area (Å²) >= 11 is 0. The van der Waals surface area contributed by atoms with Gasteiger partial charge < -0.3 is 24.8 Å². The fraction of sp³-hybridized carbons (Fsp3) is 0.357. The molecule has 1 aliphatic heterocycles. The molecule has 5 rings (SSSR count). The summed E-state index contributed by atoms with van der Waals surface area (Å²) in [7, 11) is 0. The van der Waals surface area contributed by atoms with Gasteiger partial charge in [-0.05, 0) is 43.7 Å². The van der Waals surface area contributed by atoms with Crippen LogP contribution in [0.15, 0.2) is 54.9 Å². The van der Waals surface area contributed by atoms with E-state index in [1.54, 1.807) is 12.1 Å². The highest BCUT2D eigenvalue weighted by atomic mass is 19.1. The van der Waals surface area contributed by atoms with E-state index in [2.05, 4.69) is 35.7 Å². The highest BCUT2D eigenvalue weighted by molar-refractivity contribution is 5.93. The molecule has 0 spiro atoms. The van der Waals surface area contributed by atoms with Gasteiger partial charge in [-0.25, -0.2) is 14.4 Å². The lowest BCUT2D eigenvalue weighted by molar-refractivity contribution is -0.177. The predicted molar refractivity (Wildman–Crippen MR) is 148 cm³/mol. The van der Waals surface area contributed by atoms with E-state index in [0.29, 0.717) is 42.8 Å². The lowest BCUT2D eigenvalue weighted by Crippen LogP contribution is -2.44. The minimum absolute atomic E-state index is 0.0506. The van der Waals surface area contributed by atoms with Crippen LogP contribution >= 0.6 is 0 Å². The maximum Gasteiger partial charge on any atom is 0.230 e. The molecule has 1 aliphatic rings. The van der Waals surface area contributed by atoms with Crippen molar-refractivity contribution in [2.75, 3.05) is 50.1 Å². The molecule has 2 aromatic carbocycles. The number of hydrogen-bond acceptors (Lipinski definition) is 9. The SMILES string of the molecule is CCO[C@@H]1CN(CCCOc2ccc3c(Nc4cc(CC(=O)Nc5cccc(F)c5)[nH]n4)ncnc3c2)CCO1. The quantitative estimate of drug-likeness (QED) is 0.226. The van der Waals surface area contributed by atoms with Gasteiger partial charge in [0.2, 0.25) is 5.91 Å². The van der Waals surface area contributed by atoms with Crippen molar-refractivity contribution >= 4 is 34.1 Å². The Morgan fingerprint density at radius 3 is 3.02 bits per heavy atom. The summed E-state index contributed by atoms with van der Waals surface area (Å²) in [5.41, 5.74) is 1.72. The zero-order chi connectivity index (χ0) is 27.7. The van der Waals surface area contributed by atoms with E-state index < -0.39 is 5.82 Å². The number of ether oxygens (including phenoxy) is 3. The molecule has 40 heavy (non-hydrogen) atoms. The standard InChI is InChI=1S/C28H32FN7O4/c1-2-38-27-17-36(10-12-40-27)9-4-11-39-22-7-8-23-24(16-22)30-18-31-28(23)33-25-14-21(34-35-25)15-26(37)32-20-6-3-5-19(29)13-20/h3,5-8,13-14,16,18,27H,2,4,9-12,15,17H2,1H3,(H,32,37)(H2,30,31,33,34,35)/t27-/m0/s1. The first-order valence-corrected chi connectivity index (χ1v) is 13.3. The van der Waals surface area contributed by atoms with E-state index in [1.807, 2.05) is 25.1 Å². The molecule has 3 N–H and O–H groups in total. The summed E-state index contributed by atoms with van der Waals surface area (Å²) in [5, 5.41) is 13.7. The Morgan fingerprint density at radius 2 is 2.15 bits per heavy atom. The zero-order valence-corrected chi connectivity index (χ0v) is 22.2. The van der Waals surface area contributed by atoms with Gasteiger partial charge in [-0.15, -0.1) is 0 Å². The van der Waals surface area contributed by atoms with Gasteiger partial charge in [0, 0.05) is 55.1 Å². The lowest BCUT2D eigenvalue weighted by atomic mass is 10.2. The molecule has 12 heteroatoms. The molecule has 4 aromatic rings. The molecule has 0 unspecified atom stereocenters. The van der Waals surface area contributed by atoms with E-state index in [1.165, 1.54) is 24.5 Å². The van der Waals surface area contributed by atoms with E-state index in [4.69, 9.17) is 14.2 Å². The number of fused-ring (bicyclic) bond motifs is 1. The van der Waals surface area contributed by atoms with Crippen LogP contribution < -0.4 is 15.4 Å². The molecule has 1 atom stereocenters. The average molecular weight is 550 g/mol. The van der Waals surface area contributed by atoms with Gasteiger partial charge in [-0.3, -0.25) is 14.8 Å². The van der Waals surface area contributed by atoms with Crippen molar-refractivity contribution in [1.82, 2.24) is 25.1 Å². The number of anilines is 3. The number of rotatable bonds is 12. The minimum Gasteiger partial charge on any atom is -0.493 e. The van der Waals surface area contributed by atoms with Crippen molar-refractivity contribution in [1.29, 1.82) is 0 Å². The molecule has 1 fully saturated rings. The number of carbonyl (C=O) groups excluding carboxylic acids is 1. The monoisotopic (exact) mass is 549 g/mol. The molecule has 2 aromatic heterocycles. The maximum absolute atomic E-state index is 13.4. The second kappa shape index (κ2) is 13.3. The number of carbonyl (C=O) groups is 1. The Kier molecular flexibility index (Phi) is 9.11. The van der Waals surface area contributed by atoms with Crippen LogP contribution in [0.5, 0.6) is 5.75 Å². The highest BCUT2D eigenvalue weighted by Crippen LogP contribution is 2.26. The minimum atomic E-state index is -0.415. The van der Waals surface area contributed by atoms with Crippen LogP contribution in [0.1, 0.15) is 19.0 Å². The van der Waals surface area contributed by atoms with Crippen molar-refractivity contribution < 1.29 is 23.4 Å². The number of nitrogens with one attached hydrogen (secondary N) is 3. The number of aromatic nitrogens is 4. The third-order valence-corrected chi connectivity index (χ3v) is 6.30. The van der Waals surface area contributed by atoms with Gasteiger partial charge in [0.05, 0.1) is 25.2 Å². The number of hydrogen-bond donors (Lipinski definition) is 3. The average Bonchev–Trinajstić information content (AvgIpc) is 3.38. The third-order valence-electron chi connectivity index (χ3n) is 6.30. The molecular weight excluding hydrogens is 517 g/mol. The van der Waals surface area contributed by atoms with Gasteiger partial charge >= 0.3 is 0 Å². The summed E-state index contributed by atoms with van der Waals surface area (Å²) in [6.45, 7) is 6.46. The lowest BCUT2D eigenvalue weighted by Gasteiger charge is -2.32. The van der Waals surface area contributed by atoms with Crippen LogP contribution in [0.4, 0.5) is 21.7 Å². The Hall–Kier alpha value is -4.13. The predicted octanol–water partition coefficient (Wildman–Crippen LogP) is 3.88. The van der Waals surface area contributed by atoms with Gasteiger partial charge in [-0.2, -0.15) is 5.10 Å². The van der Waals surface area contributed by atoms with Crippen molar-refractivity contribution in [2.45, 2.75) is 26.1 Å². The Morgan fingerprint density at radius 1 is 1.23 bits per heavy atom. The Bertz CT molecular complexity index is 1430. The van der Waals surface area contributed by atoms with E-state index in [0.717, 1.165) is 42.7 Å². The summed E-state index contributed by atoms with van der Waals surface area (Å²) in [6, 6.07) is 13.1. The first-order valence-electron chi connectivity index (χ1n) is 13.3. The Labute approximate surface area is 231 Å². The molecule has 1 saturated heterocycles. The fourth-order valence-corrected chi connectivity index (χ4v) is 4.44. The smallest absolute Gasteiger partial charge is 0.230 e. The first kappa shape index (κ1) is 27.4. The summed E-state index contributed by atoms with van der Waals surface area (Å²) < 4.78 is 30.5. The summed E-state index contributed by atoms with van der Waals surface area (Å²) in [6.07, 6.45) is 2.26. The molecular formula is C28H32FN7O4. The van der Waals surface area contributed by atoms with E-state index in [9.17, 15) is 9.18 Å². The second-order valence-electron chi connectivity index (χ2n) is 9.30. The maximum atomic E-state index is 13.4. The van der Waals surface area contributed by atoms with Crippen LogP contribution in [-0.4, -0.2) is 76.7 Å². The topological polar surface area (TPSA) is 127 Å². The highest BCUT2D eigenvalue weighted by Gasteiger charge is 2.20. The molecule has 0 aliphatic carbocycles. The number of aromatic amines is 1. The van der Waals surface area contributed by atoms with Crippen molar-refractivity contribution in [3.63, 3.8) is 0 Å². The van der Waals surface area contributed by atoms with Crippen molar-refractivity contribution in [2.24, 2.45) is 0 Å². The second-order valence-corrected chi connectivity index (χ2v) is 9.30. The molecule has 0 bridgehead atoms. The van der Waals surface area contributed by atoms with E-state index in [-0.39, 0.29) is 18.6 Å². The fourth-order valence-electron chi connectivity index (χ4n) is 4.44. The van der Waals surface area contributed by atoms with Crippen LogP contribution in [0.3, 0.4) is 0 Å². The molecule has 0 radical (unpaired) electrons. The van der Waals surface area contributed by atoms with Crippen molar-refractivity contribution in [3.8, 4) is 5.75 Å². The molecule has 210 valence electrons. The van der Waals surface area contributed by atoms with Gasteiger partial charge in [0.1, 0.15) is 23.7 Å². The van der Waals surface area contributed by atoms with Crippen LogP contribution in [0.25, 0.3) is 10.9 Å². The van der Waals surface area contributed by atoms with Gasteiger partial charge in [0.15, 0.2) is 12.1 Å². The van der Waals surface area contributed by atoms with Crippen LogP contribution in [-0.2, 0) is 20.7 Å². The van der Waals surface area contributed by atoms with Crippen LogP contribution in [0, 0.1) is 5.82 Å². The number of amides is 1. The largest absolute Gasteiger partial charge is 0.493 e. The molecule has 3 heterocycles. The van der Waals surface area contributed by atoms with Gasteiger partial charge in [0.25, 0.3) is 0 Å². The van der Waals surface area contributed by atoms with Crippen LogP contribution in [0.2, 0.25) is 0 Å². The van der Waals surface area contributed by atoms with Gasteiger partial charge in [-0.1, -0.05) is 6.07 Å². The summed E-state index contributed by atoms with van der Waals surface area (Å²) in [5.74, 6) is 1.11. The van der Waals surface area contributed by atoms with Crippen molar-refractivity contribution in [3.05, 3.63) is 66.4 Å². The van der Waals surface area contributed by atoms with E-state index >= 15 is 0 Å². The number of nitrogens with zero attached hydrogens (tertiary/aromatic N) is 4. The zero-order valence-electron chi connectivity index (χ0n) is 22.2. The molecule has 0 saturated carbocycles. The normalized spacial score (nSPS) is 15.7. The summed E-state index contributed by atoms with van der Waals surface area (Å²) in [4.78, 5) is 23.4. The molecule has 1 amide bonds. The molecule has 11 nitrogen and oxygen atoms in total. The Balaban J connectivity index is 1.13. The number of morpholine rings is 1. The third kappa shape index (κ3) is 7.50.